The van der Waals surface area contributed by atoms with E-state index in [4.69, 9.17) is 4.74 Å². The quantitative estimate of drug-likeness (QED) is 0.768. The summed E-state index contributed by atoms with van der Waals surface area (Å²) in [5, 5.41) is 3.08. The maximum Gasteiger partial charge on any atom is 0.237 e. The van der Waals surface area contributed by atoms with Crippen LogP contribution in [0.25, 0.3) is 0 Å². The first-order valence-electron chi connectivity index (χ1n) is 4.60. The smallest absolute Gasteiger partial charge is 0.237 e. The summed E-state index contributed by atoms with van der Waals surface area (Å²) >= 11 is 0. The molecule has 3 nitrogen and oxygen atoms in total. The molecule has 1 aliphatic carbocycles. The highest BCUT2D eigenvalue weighted by molar-refractivity contribution is 5.53. The van der Waals surface area contributed by atoms with Crippen LogP contribution in [0.3, 0.4) is 0 Å². The summed E-state index contributed by atoms with van der Waals surface area (Å²) in [7, 11) is 1.89. The molecule has 1 aromatic rings. The molecule has 1 heterocycles. The van der Waals surface area contributed by atoms with E-state index in [1.165, 1.54) is 12.8 Å². The number of nitrogens with one attached hydrogen (secondary N) is 1. The average Bonchev–Trinajstić information content (AvgIpc) is 2.92. The topological polar surface area (TPSA) is 34.2 Å². The Balaban J connectivity index is 2.21. The molecular weight excluding hydrogens is 164 g/mol. The number of anilines is 1. The van der Waals surface area contributed by atoms with Crippen LogP contribution in [-0.4, -0.2) is 18.1 Å². The normalized spacial score (nSPS) is 15.5. The van der Waals surface area contributed by atoms with Gasteiger partial charge in [0.15, 0.2) is 0 Å². The fraction of sp³-hybridized carbons (Fsp3) is 0.500. The second-order valence-corrected chi connectivity index (χ2v) is 3.43. The highest BCUT2D eigenvalue weighted by Crippen LogP contribution is 2.30. The lowest BCUT2D eigenvalue weighted by Gasteiger charge is -2.09. The number of hydrogen-bond acceptors (Lipinski definition) is 3. The standard InChI is InChI=1S/C10H14N2O/c1-7-5-9(11-2)10(12-6-7)13-8-3-4-8/h5-6,8,11H,3-4H2,1-2H3. The van der Waals surface area contributed by atoms with Gasteiger partial charge in [-0.15, -0.1) is 0 Å². The molecule has 0 aliphatic heterocycles. The third kappa shape index (κ3) is 1.91. The van der Waals surface area contributed by atoms with E-state index in [9.17, 15) is 0 Å². The molecule has 0 radical (unpaired) electrons. The van der Waals surface area contributed by atoms with Crippen molar-refractivity contribution in [1.29, 1.82) is 0 Å². The monoisotopic (exact) mass is 178 g/mol. The summed E-state index contributed by atoms with van der Waals surface area (Å²) in [4.78, 5) is 4.24. The predicted octanol–water partition coefficient (Wildman–Crippen LogP) is 1.97. The van der Waals surface area contributed by atoms with Crippen molar-refractivity contribution in [3.63, 3.8) is 0 Å². The predicted molar refractivity (Wildman–Crippen MR) is 52.2 cm³/mol. The Morgan fingerprint density at radius 2 is 2.31 bits per heavy atom. The third-order valence-electron chi connectivity index (χ3n) is 2.06. The van der Waals surface area contributed by atoms with Crippen LogP contribution in [0.1, 0.15) is 18.4 Å². The lowest BCUT2D eigenvalue weighted by Crippen LogP contribution is -2.02. The van der Waals surface area contributed by atoms with Crippen molar-refractivity contribution in [1.82, 2.24) is 4.98 Å². The average molecular weight is 178 g/mol. The van der Waals surface area contributed by atoms with Crippen LogP contribution in [0.15, 0.2) is 12.3 Å². The van der Waals surface area contributed by atoms with E-state index < -0.39 is 0 Å². The van der Waals surface area contributed by atoms with Crippen LogP contribution >= 0.6 is 0 Å². The van der Waals surface area contributed by atoms with E-state index in [1.807, 2.05) is 26.2 Å². The van der Waals surface area contributed by atoms with E-state index in [0.717, 1.165) is 17.1 Å². The van der Waals surface area contributed by atoms with E-state index in [2.05, 4.69) is 10.3 Å². The fourth-order valence-electron chi connectivity index (χ4n) is 1.17. The molecule has 0 atom stereocenters. The highest BCUT2D eigenvalue weighted by Gasteiger charge is 2.25. The van der Waals surface area contributed by atoms with Crippen molar-refractivity contribution >= 4 is 5.69 Å². The van der Waals surface area contributed by atoms with Crippen molar-refractivity contribution in [2.75, 3.05) is 12.4 Å². The summed E-state index contributed by atoms with van der Waals surface area (Å²) in [6, 6.07) is 2.05. The van der Waals surface area contributed by atoms with Gasteiger partial charge in [0.25, 0.3) is 0 Å². The minimum atomic E-state index is 0.405. The number of rotatable bonds is 3. The molecule has 1 saturated carbocycles. The van der Waals surface area contributed by atoms with Gasteiger partial charge in [0, 0.05) is 13.2 Å². The van der Waals surface area contributed by atoms with Gasteiger partial charge in [-0.25, -0.2) is 4.98 Å². The van der Waals surface area contributed by atoms with Crippen LogP contribution in [0.4, 0.5) is 5.69 Å². The highest BCUT2D eigenvalue weighted by atomic mass is 16.5. The minimum absolute atomic E-state index is 0.405. The number of aryl methyl sites for hydroxylation is 1. The van der Waals surface area contributed by atoms with Gasteiger partial charge in [-0.1, -0.05) is 0 Å². The lowest BCUT2D eigenvalue weighted by atomic mass is 10.3. The molecule has 3 heteroatoms. The SMILES string of the molecule is CNc1cc(C)cnc1OC1CC1. The van der Waals surface area contributed by atoms with Gasteiger partial charge in [0.05, 0.1) is 5.69 Å². The van der Waals surface area contributed by atoms with Crippen molar-refractivity contribution in [3.8, 4) is 5.88 Å². The molecule has 70 valence electrons. The molecule has 0 unspecified atom stereocenters. The molecule has 0 aromatic carbocycles. The summed E-state index contributed by atoms with van der Waals surface area (Å²) in [6.45, 7) is 2.02. The zero-order chi connectivity index (χ0) is 9.26. The largest absolute Gasteiger partial charge is 0.473 e. The van der Waals surface area contributed by atoms with Gasteiger partial charge in [-0.3, -0.25) is 0 Å². The molecule has 2 rings (SSSR count). The number of nitrogens with zero attached hydrogens (tertiary/aromatic N) is 1. The van der Waals surface area contributed by atoms with Gasteiger partial charge < -0.3 is 10.1 Å². The maximum absolute atomic E-state index is 5.63. The Hall–Kier alpha value is -1.25. The maximum atomic E-state index is 5.63. The van der Waals surface area contributed by atoms with E-state index in [-0.39, 0.29) is 0 Å². The zero-order valence-electron chi connectivity index (χ0n) is 8.00. The van der Waals surface area contributed by atoms with Crippen molar-refractivity contribution in [2.45, 2.75) is 25.9 Å². The Kier molecular flexibility index (Phi) is 2.08. The zero-order valence-corrected chi connectivity index (χ0v) is 8.00. The van der Waals surface area contributed by atoms with Crippen molar-refractivity contribution < 1.29 is 4.74 Å². The molecule has 0 saturated heterocycles. The molecule has 1 aliphatic rings. The van der Waals surface area contributed by atoms with E-state index in [0.29, 0.717) is 6.10 Å². The van der Waals surface area contributed by atoms with Gasteiger partial charge in [0.2, 0.25) is 5.88 Å². The number of aromatic nitrogens is 1. The molecule has 1 fully saturated rings. The van der Waals surface area contributed by atoms with E-state index >= 15 is 0 Å². The number of pyridine rings is 1. The van der Waals surface area contributed by atoms with Gasteiger partial charge in [0.1, 0.15) is 6.10 Å². The first-order valence-corrected chi connectivity index (χ1v) is 4.60. The van der Waals surface area contributed by atoms with Gasteiger partial charge in [-0.2, -0.15) is 0 Å². The number of ether oxygens (including phenoxy) is 1. The Morgan fingerprint density at radius 1 is 1.54 bits per heavy atom. The molecule has 0 amide bonds. The minimum Gasteiger partial charge on any atom is -0.473 e. The molecule has 1 N–H and O–H groups in total. The van der Waals surface area contributed by atoms with Crippen LogP contribution in [-0.2, 0) is 0 Å². The Morgan fingerprint density at radius 3 is 2.92 bits per heavy atom. The molecule has 0 bridgehead atoms. The van der Waals surface area contributed by atoms with Gasteiger partial charge in [-0.05, 0) is 31.4 Å². The van der Waals surface area contributed by atoms with Crippen LogP contribution in [0, 0.1) is 6.92 Å². The molecule has 0 spiro atoms. The number of hydrogen-bond donors (Lipinski definition) is 1. The first-order chi connectivity index (χ1) is 6.29. The third-order valence-corrected chi connectivity index (χ3v) is 2.06. The Labute approximate surface area is 78.1 Å². The summed E-state index contributed by atoms with van der Waals surface area (Å²) in [6.07, 6.45) is 4.57. The lowest BCUT2D eigenvalue weighted by molar-refractivity contribution is 0.292. The van der Waals surface area contributed by atoms with Crippen LogP contribution in [0.5, 0.6) is 5.88 Å². The van der Waals surface area contributed by atoms with Crippen LogP contribution in [0.2, 0.25) is 0 Å². The second kappa shape index (κ2) is 3.24. The molecular formula is C10H14N2O. The summed E-state index contributed by atoms with van der Waals surface area (Å²) in [5.41, 5.74) is 2.12. The fourth-order valence-corrected chi connectivity index (χ4v) is 1.17. The Bertz CT molecular complexity index is 308. The second-order valence-electron chi connectivity index (χ2n) is 3.43. The van der Waals surface area contributed by atoms with Crippen molar-refractivity contribution in [3.05, 3.63) is 17.8 Å². The molecule has 13 heavy (non-hydrogen) atoms. The van der Waals surface area contributed by atoms with Gasteiger partial charge >= 0.3 is 0 Å². The van der Waals surface area contributed by atoms with E-state index in [1.54, 1.807) is 0 Å². The molecule has 1 aromatic heterocycles. The summed E-state index contributed by atoms with van der Waals surface area (Å²) in [5.74, 6) is 0.732. The first kappa shape index (κ1) is 8.35. The summed E-state index contributed by atoms with van der Waals surface area (Å²) < 4.78 is 5.63. The van der Waals surface area contributed by atoms with Crippen LogP contribution < -0.4 is 10.1 Å². The van der Waals surface area contributed by atoms with Crippen molar-refractivity contribution in [2.24, 2.45) is 0 Å².